The Morgan fingerprint density at radius 1 is 1.31 bits per heavy atom. The van der Waals surface area contributed by atoms with Crippen molar-refractivity contribution in [3.05, 3.63) is 35.6 Å². The molecule has 2 atom stereocenters. The molecule has 1 saturated heterocycles. The van der Waals surface area contributed by atoms with E-state index in [1.807, 2.05) is 0 Å². The topological polar surface area (TPSA) is 90.6 Å². The summed E-state index contributed by atoms with van der Waals surface area (Å²) in [4.78, 5) is 23.3. The highest BCUT2D eigenvalue weighted by molar-refractivity contribution is 5.94. The number of hydrogen-bond donors (Lipinski definition) is 0. The van der Waals surface area contributed by atoms with Crippen molar-refractivity contribution in [1.29, 1.82) is 0 Å². The summed E-state index contributed by atoms with van der Waals surface area (Å²) in [6.45, 7) is 1.66. The molecule has 8 heteroatoms. The zero-order valence-electron chi connectivity index (χ0n) is 14.9. The summed E-state index contributed by atoms with van der Waals surface area (Å²) in [5.74, 6) is 2.38. The van der Waals surface area contributed by atoms with E-state index in [0.717, 1.165) is 18.7 Å². The van der Waals surface area contributed by atoms with Crippen molar-refractivity contribution in [2.45, 2.75) is 24.7 Å². The van der Waals surface area contributed by atoms with Gasteiger partial charge in [-0.15, -0.1) is 0 Å². The zero-order valence-corrected chi connectivity index (χ0v) is 14.9. The standard InChI is InChI=1S/C18H22N4O4/c1-24-10-13-8-22(18(23)12-5-6-15(25-2)19-7-12)9-14(13)17-20-16(21-26-17)11-3-4-11/h5-7,11,13-14H,3-4,8-10H2,1-2H3/t13-,14+/m0/s1. The van der Waals surface area contributed by atoms with E-state index in [9.17, 15) is 4.79 Å². The number of aromatic nitrogens is 3. The van der Waals surface area contributed by atoms with Crippen LogP contribution >= 0.6 is 0 Å². The molecule has 1 aliphatic heterocycles. The molecule has 0 unspecified atom stereocenters. The lowest BCUT2D eigenvalue weighted by molar-refractivity contribution is 0.0775. The van der Waals surface area contributed by atoms with Gasteiger partial charge in [-0.1, -0.05) is 5.16 Å². The normalized spacial score (nSPS) is 22.6. The van der Waals surface area contributed by atoms with Gasteiger partial charge in [-0.05, 0) is 18.9 Å². The molecular weight excluding hydrogens is 336 g/mol. The van der Waals surface area contributed by atoms with E-state index < -0.39 is 0 Å². The molecule has 138 valence electrons. The number of hydrogen-bond acceptors (Lipinski definition) is 7. The van der Waals surface area contributed by atoms with Crippen LogP contribution in [0.15, 0.2) is 22.9 Å². The van der Waals surface area contributed by atoms with E-state index in [2.05, 4.69) is 15.1 Å². The van der Waals surface area contributed by atoms with Crippen molar-refractivity contribution >= 4 is 5.91 Å². The molecule has 2 fully saturated rings. The van der Waals surface area contributed by atoms with Gasteiger partial charge >= 0.3 is 0 Å². The minimum atomic E-state index is -0.0642. The predicted molar refractivity (Wildman–Crippen MR) is 91.1 cm³/mol. The van der Waals surface area contributed by atoms with E-state index in [-0.39, 0.29) is 17.7 Å². The van der Waals surface area contributed by atoms with E-state index in [0.29, 0.717) is 42.9 Å². The summed E-state index contributed by atoms with van der Waals surface area (Å²) in [5.41, 5.74) is 0.534. The number of amides is 1. The fourth-order valence-electron chi connectivity index (χ4n) is 3.42. The van der Waals surface area contributed by atoms with Crippen LogP contribution in [0, 0.1) is 5.92 Å². The average molecular weight is 358 g/mol. The van der Waals surface area contributed by atoms with Crippen LogP contribution in [0.5, 0.6) is 5.88 Å². The summed E-state index contributed by atoms with van der Waals surface area (Å²) >= 11 is 0. The number of carbonyl (C=O) groups excluding carboxylic acids is 1. The molecule has 0 radical (unpaired) electrons. The third-order valence-corrected chi connectivity index (χ3v) is 5.02. The number of rotatable bonds is 6. The maximum absolute atomic E-state index is 12.8. The molecule has 2 aromatic heterocycles. The molecule has 3 heterocycles. The van der Waals surface area contributed by atoms with Gasteiger partial charge in [0.2, 0.25) is 11.8 Å². The van der Waals surface area contributed by atoms with Crippen LogP contribution in [0.3, 0.4) is 0 Å². The molecule has 0 spiro atoms. The minimum absolute atomic E-state index is 0.00916. The van der Waals surface area contributed by atoms with Gasteiger partial charge in [-0.3, -0.25) is 4.79 Å². The van der Waals surface area contributed by atoms with Crippen molar-refractivity contribution in [3.8, 4) is 5.88 Å². The molecule has 2 aliphatic rings. The number of carbonyl (C=O) groups is 1. The smallest absolute Gasteiger partial charge is 0.255 e. The molecule has 0 aromatic carbocycles. The van der Waals surface area contributed by atoms with Gasteiger partial charge in [0.1, 0.15) is 0 Å². The molecular formula is C18H22N4O4. The first-order valence-electron chi connectivity index (χ1n) is 8.81. The van der Waals surface area contributed by atoms with E-state index in [4.69, 9.17) is 14.0 Å². The highest BCUT2D eigenvalue weighted by Gasteiger charge is 2.40. The fourth-order valence-corrected chi connectivity index (χ4v) is 3.42. The summed E-state index contributed by atoms with van der Waals surface area (Å²) < 4.78 is 15.9. The summed E-state index contributed by atoms with van der Waals surface area (Å²) in [5, 5.41) is 4.11. The van der Waals surface area contributed by atoms with Crippen molar-refractivity contribution in [3.63, 3.8) is 0 Å². The number of ether oxygens (including phenoxy) is 2. The lowest BCUT2D eigenvalue weighted by atomic mass is 9.97. The monoisotopic (exact) mass is 358 g/mol. The summed E-state index contributed by atoms with van der Waals surface area (Å²) in [7, 11) is 3.21. The number of likely N-dealkylation sites (tertiary alicyclic amines) is 1. The van der Waals surface area contributed by atoms with Gasteiger partial charge in [0.15, 0.2) is 5.82 Å². The molecule has 1 amide bonds. The Balaban J connectivity index is 1.51. The second kappa shape index (κ2) is 7.03. The summed E-state index contributed by atoms with van der Waals surface area (Å²) in [6, 6.07) is 3.41. The molecule has 1 aliphatic carbocycles. The third kappa shape index (κ3) is 3.29. The SMILES string of the molecule is COC[C@@H]1CN(C(=O)c2ccc(OC)nc2)C[C@H]1c1nc(C2CC2)no1. The first-order chi connectivity index (χ1) is 12.7. The Bertz CT molecular complexity index is 772. The molecule has 1 saturated carbocycles. The van der Waals surface area contributed by atoms with Crippen LogP contribution in [0.4, 0.5) is 0 Å². The van der Waals surface area contributed by atoms with Crippen LogP contribution in [0.2, 0.25) is 0 Å². The highest BCUT2D eigenvalue weighted by atomic mass is 16.5. The Morgan fingerprint density at radius 2 is 2.15 bits per heavy atom. The Labute approximate surface area is 151 Å². The Hall–Kier alpha value is -2.48. The molecule has 8 nitrogen and oxygen atoms in total. The van der Waals surface area contributed by atoms with Crippen LogP contribution in [0.25, 0.3) is 0 Å². The van der Waals surface area contributed by atoms with Crippen molar-refractivity contribution in [1.82, 2.24) is 20.0 Å². The minimum Gasteiger partial charge on any atom is -0.481 e. The van der Waals surface area contributed by atoms with Crippen LogP contribution in [0.1, 0.15) is 46.8 Å². The van der Waals surface area contributed by atoms with Gasteiger partial charge < -0.3 is 18.9 Å². The first kappa shape index (κ1) is 17.0. The molecule has 4 rings (SSSR count). The molecule has 2 aromatic rings. The summed E-state index contributed by atoms with van der Waals surface area (Å²) in [6.07, 6.45) is 3.79. The second-order valence-corrected chi connectivity index (χ2v) is 6.89. The number of nitrogens with zero attached hydrogens (tertiary/aromatic N) is 4. The van der Waals surface area contributed by atoms with Gasteiger partial charge in [-0.25, -0.2) is 4.98 Å². The maximum atomic E-state index is 12.8. The van der Waals surface area contributed by atoms with Gasteiger partial charge in [0.25, 0.3) is 5.91 Å². The van der Waals surface area contributed by atoms with Crippen molar-refractivity contribution in [2.24, 2.45) is 5.92 Å². The van der Waals surface area contributed by atoms with Gasteiger partial charge in [-0.2, -0.15) is 4.98 Å². The second-order valence-electron chi connectivity index (χ2n) is 6.89. The largest absolute Gasteiger partial charge is 0.481 e. The van der Waals surface area contributed by atoms with E-state index >= 15 is 0 Å². The first-order valence-corrected chi connectivity index (χ1v) is 8.81. The van der Waals surface area contributed by atoms with Crippen molar-refractivity contribution in [2.75, 3.05) is 33.9 Å². The third-order valence-electron chi connectivity index (χ3n) is 5.02. The number of methoxy groups -OCH3 is 2. The lowest BCUT2D eigenvalue weighted by Crippen LogP contribution is -2.29. The predicted octanol–water partition coefficient (Wildman–Crippen LogP) is 1.85. The molecule has 26 heavy (non-hydrogen) atoms. The highest BCUT2D eigenvalue weighted by Crippen LogP contribution is 2.40. The Kier molecular flexibility index (Phi) is 4.58. The van der Waals surface area contributed by atoms with E-state index in [1.54, 1.807) is 31.3 Å². The van der Waals surface area contributed by atoms with Gasteiger partial charge in [0, 0.05) is 44.3 Å². The number of pyridine rings is 1. The Morgan fingerprint density at radius 3 is 2.81 bits per heavy atom. The fraction of sp³-hybridized carbons (Fsp3) is 0.556. The van der Waals surface area contributed by atoms with Crippen LogP contribution < -0.4 is 4.74 Å². The van der Waals surface area contributed by atoms with Crippen LogP contribution in [-0.4, -0.2) is 59.8 Å². The zero-order chi connectivity index (χ0) is 18.1. The molecule has 0 bridgehead atoms. The van der Waals surface area contributed by atoms with Crippen molar-refractivity contribution < 1.29 is 18.8 Å². The van der Waals surface area contributed by atoms with Gasteiger partial charge in [0.05, 0.1) is 25.2 Å². The van der Waals surface area contributed by atoms with Crippen LogP contribution in [-0.2, 0) is 4.74 Å². The maximum Gasteiger partial charge on any atom is 0.255 e. The molecule has 0 N–H and O–H groups in total. The quantitative estimate of drug-likeness (QED) is 0.778. The average Bonchev–Trinajstić information content (AvgIpc) is 3.25. The van der Waals surface area contributed by atoms with E-state index in [1.165, 1.54) is 6.20 Å². The lowest BCUT2D eigenvalue weighted by Gasteiger charge is -2.16.